The van der Waals surface area contributed by atoms with E-state index < -0.39 is 69.5 Å². The molecule has 0 aliphatic carbocycles. The fourth-order valence-corrected chi connectivity index (χ4v) is 3.98. The number of aromatic nitrogens is 2. The molecule has 180 valence electrons. The molecular formula is C17H23F3N4O7S. The van der Waals surface area contributed by atoms with Gasteiger partial charge in [0.25, 0.3) is 0 Å². The summed E-state index contributed by atoms with van der Waals surface area (Å²) in [5, 5.41) is 5.29. The average Bonchev–Trinajstić information content (AvgIpc) is 3.21. The van der Waals surface area contributed by atoms with Crippen LogP contribution in [0.15, 0.2) is 4.52 Å². The van der Waals surface area contributed by atoms with Gasteiger partial charge in [-0.2, -0.15) is 18.2 Å². The number of ether oxygens (including phenoxy) is 1. The van der Waals surface area contributed by atoms with Crippen molar-refractivity contribution >= 4 is 27.4 Å². The average molecular weight is 484 g/mol. The zero-order valence-corrected chi connectivity index (χ0v) is 18.2. The second kappa shape index (κ2) is 10.4. The maximum absolute atomic E-state index is 12.7. The molecule has 0 aromatic carbocycles. The molecule has 1 saturated heterocycles. The van der Waals surface area contributed by atoms with E-state index in [4.69, 9.17) is 4.74 Å². The van der Waals surface area contributed by atoms with Gasteiger partial charge in [0.2, 0.25) is 23.4 Å². The van der Waals surface area contributed by atoms with Crippen LogP contribution in [0.3, 0.4) is 0 Å². The number of halogens is 3. The molecule has 0 saturated carbocycles. The quantitative estimate of drug-likeness (QED) is 0.481. The number of ketones is 1. The fraction of sp³-hybridized carbons (Fsp3) is 0.706. The lowest BCUT2D eigenvalue weighted by Crippen LogP contribution is -2.47. The summed E-state index contributed by atoms with van der Waals surface area (Å²) in [5.74, 6) is -6.96. The lowest BCUT2D eigenvalue weighted by Gasteiger charge is -2.28. The number of nitrogens with one attached hydrogen (secondary N) is 1. The summed E-state index contributed by atoms with van der Waals surface area (Å²) in [4.78, 5) is 42.1. The van der Waals surface area contributed by atoms with Gasteiger partial charge in [0.05, 0.1) is 30.9 Å². The van der Waals surface area contributed by atoms with Crippen molar-refractivity contribution in [1.82, 2.24) is 20.4 Å². The Balaban J connectivity index is 2.13. The Morgan fingerprint density at radius 3 is 2.34 bits per heavy atom. The van der Waals surface area contributed by atoms with E-state index >= 15 is 0 Å². The second-order valence-electron chi connectivity index (χ2n) is 7.24. The van der Waals surface area contributed by atoms with Gasteiger partial charge in [-0.15, -0.1) is 0 Å². The first kappa shape index (κ1) is 25.7. The number of sulfone groups is 1. The van der Waals surface area contributed by atoms with Crippen LogP contribution in [0.5, 0.6) is 0 Å². The van der Waals surface area contributed by atoms with E-state index in [1.165, 1.54) is 11.8 Å². The van der Waals surface area contributed by atoms with Crippen molar-refractivity contribution in [2.45, 2.75) is 32.0 Å². The molecule has 2 amide bonds. The summed E-state index contributed by atoms with van der Waals surface area (Å²) in [6.45, 7) is 2.68. The summed E-state index contributed by atoms with van der Waals surface area (Å²) in [7, 11) is -3.68. The first-order chi connectivity index (χ1) is 14.8. The molecule has 1 aliphatic rings. The van der Waals surface area contributed by atoms with Crippen molar-refractivity contribution in [2.75, 3.05) is 38.3 Å². The first-order valence-corrected chi connectivity index (χ1v) is 11.7. The van der Waals surface area contributed by atoms with Crippen molar-refractivity contribution in [1.29, 1.82) is 0 Å². The lowest BCUT2D eigenvalue weighted by molar-refractivity contribution is -0.159. The highest BCUT2D eigenvalue weighted by Crippen LogP contribution is 2.27. The van der Waals surface area contributed by atoms with E-state index in [9.17, 15) is 36.0 Å². The lowest BCUT2D eigenvalue weighted by atomic mass is 10.0. The van der Waals surface area contributed by atoms with Crippen molar-refractivity contribution in [2.24, 2.45) is 5.92 Å². The molecule has 1 N–H and O–H groups in total. The van der Waals surface area contributed by atoms with E-state index in [0.717, 1.165) is 6.26 Å². The third-order valence-electron chi connectivity index (χ3n) is 4.59. The van der Waals surface area contributed by atoms with Gasteiger partial charge in [0, 0.05) is 25.8 Å². The minimum Gasteiger partial charge on any atom is -0.378 e. The van der Waals surface area contributed by atoms with Crippen LogP contribution in [0, 0.1) is 5.92 Å². The van der Waals surface area contributed by atoms with Crippen LogP contribution in [-0.4, -0.2) is 85.4 Å². The van der Waals surface area contributed by atoms with Crippen molar-refractivity contribution in [3.05, 3.63) is 11.7 Å². The summed E-state index contributed by atoms with van der Waals surface area (Å²) >= 11 is 0. The molecule has 2 rings (SSSR count). The van der Waals surface area contributed by atoms with Gasteiger partial charge in [-0.1, -0.05) is 12.1 Å². The number of morpholine rings is 1. The van der Waals surface area contributed by atoms with Gasteiger partial charge in [0.1, 0.15) is 9.84 Å². The molecule has 0 radical (unpaired) electrons. The number of amides is 2. The number of rotatable bonds is 9. The predicted molar refractivity (Wildman–Crippen MR) is 101 cm³/mol. The molecule has 11 nitrogen and oxygen atoms in total. The summed E-state index contributed by atoms with van der Waals surface area (Å²) in [6.07, 6.45) is -4.53. The van der Waals surface area contributed by atoms with Crippen LogP contribution < -0.4 is 5.32 Å². The van der Waals surface area contributed by atoms with E-state index in [1.54, 1.807) is 0 Å². The maximum Gasteiger partial charge on any atom is 0.471 e. The Kier molecular flexibility index (Phi) is 8.34. The highest BCUT2D eigenvalue weighted by atomic mass is 32.2. The number of alkyl halides is 3. The van der Waals surface area contributed by atoms with Gasteiger partial charge in [0.15, 0.2) is 0 Å². The Bertz CT molecular complexity index is 942. The minimum absolute atomic E-state index is 0.0521. The van der Waals surface area contributed by atoms with Crippen molar-refractivity contribution in [3.63, 3.8) is 0 Å². The number of Topliss-reactive ketones (excluding diaryl/α,β-unsaturated/α-hetero) is 1. The summed E-state index contributed by atoms with van der Waals surface area (Å²) in [6, 6.07) is -1.35. The molecule has 1 unspecified atom stereocenters. The molecule has 1 aliphatic heterocycles. The largest absolute Gasteiger partial charge is 0.471 e. The van der Waals surface area contributed by atoms with Gasteiger partial charge in [-0.05, 0) is 6.42 Å². The van der Waals surface area contributed by atoms with Gasteiger partial charge < -0.3 is 19.5 Å². The van der Waals surface area contributed by atoms with Crippen LogP contribution in [0.4, 0.5) is 13.2 Å². The number of hydrogen-bond donors (Lipinski definition) is 1. The zero-order chi connectivity index (χ0) is 24.1. The van der Waals surface area contributed by atoms with Crippen LogP contribution in [-0.2, 0) is 30.3 Å². The Hall–Kier alpha value is -2.55. The summed E-state index contributed by atoms with van der Waals surface area (Å²) < 4.78 is 70.6. The van der Waals surface area contributed by atoms with E-state index in [2.05, 4.69) is 20.0 Å². The van der Waals surface area contributed by atoms with Crippen LogP contribution in [0.25, 0.3) is 0 Å². The SMILES string of the molecule is CC[C@H](NC(=O)C(CC(=O)N1CCOCC1)CS(C)(=O)=O)C(=O)c1noc(C(F)(F)F)n1. The van der Waals surface area contributed by atoms with Gasteiger partial charge >= 0.3 is 12.1 Å². The standard InChI is InChI=1S/C17H23F3N4O7S/c1-3-11(13(26)14-22-16(31-23-14)17(18,19)20)21-15(27)10(9-32(2,28)29)8-12(25)24-4-6-30-7-5-24/h10-11H,3-9H2,1-2H3,(H,21,27)/t10?,11-/m0/s1. The highest BCUT2D eigenvalue weighted by Gasteiger charge is 2.40. The van der Waals surface area contributed by atoms with Gasteiger partial charge in [-0.3, -0.25) is 14.4 Å². The number of carbonyl (C=O) groups excluding carboxylic acids is 3. The highest BCUT2D eigenvalue weighted by molar-refractivity contribution is 7.90. The van der Waals surface area contributed by atoms with Crippen LogP contribution >= 0.6 is 0 Å². The normalized spacial score (nSPS) is 17.0. The van der Waals surface area contributed by atoms with E-state index in [-0.39, 0.29) is 6.42 Å². The molecule has 1 fully saturated rings. The maximum atomic E-state index is 12.7. The molecule has 15 heteroatoms. The molecule has 0 bridgehead atoms. The summed E-state index contributed by atoms with van der Waals surface area (Å²) in [5.41, 5.74) is 0. The number of carbonyl (C=O) groups is 3. The van der Waals surface area contributed by atoms with Gasteiger partial charge in [-0.25, -0.2) is 8.42 Å². The molecule has 2 atom stereocenters. The monoisotopic (exact) mass is 484 g/mol. The van der Waals surface area contributed by atoms with Crippen molar-refractivity contribution in [3.8, 4) is 0 Å². The van der Waals surface area contributed by atoms with Crippen LogP contribution in [0.1, 0.15) is 36.3 Å². The van der Waals surface area contributed by atoms with Crippen LogP contribution in [0.2, 0.25) is 0 Å². The first-order valence-electron chi connectivity index (χ1n) is 9.60. The topological polar surface area (TPSA) is 149 Å². The minimum atomic E-state index is -4.95. The zero-order valence-electron chi connectivity index (χ0n) is 17.3. The Labute approximate surface area is 181 Å². The molecule has 2 heterocycles. The third-order valence-corrected chi connectivity index (χ3v) is 5.60. The molecule has 1 aromatic rings. The number of nitrogens with zero attached hydrogens (tertiary/aromatic N) is 3. The van der Waals surface area contributed by atoms with E-state index in [1.807, 2.05) is 0 Å². The molecule has 0 spiro atoms. The molecule has 32 heavy (non-hydrogen) atoms. The predicted octanol–water partition coefficient (Wildman–Crippen LogP) is 0.0756. The fourth-order valence-electron chi connectivity index (χ4n) is 2.98. The molecule has 1 aromatic heterocycles. The molecular weight excluding hydrogens is 461 g/mol. The Morgan fingerprint density at radius 2 is 1.84 bits per heavy atom. The third kappa shape index (κ3) is 7.25. The number of hydrogen-bond acceptors (Lipinski definition) is 9. The smallest absolute Gasteiger partial charge is 0.378 e. The Morgan fingerprint density at radius 1 is 1.22 bits per heavy atom. The second-order valence-corrected chi connectivity index (χ2v) is 9.43. The van der Waals surface area contributed by atoms with E-state index in [0.29, 0.717) is 26.3 Å². The van der Waals surface area contributed by atoms with Crippen molar-refractivity contribution < 1.29 is 45.2 Å².